The smallest absolute Gasteiger partial charge is 0.209 e. The fourth-order valence-corrected chi connectivity index (χ4v) is 4.81. The Balaban J connectivity index is 1.99. The minimum absolute atomic E-state index is 0.0900. The lowest BCUT2D eigenvalue weighted by Gasteiger charge is -2.32. The molecule has 0 spiro atoms. The van der Waals surface area contributed by atoms with Crippen molar-refractivity contribution < 1.29 is 13.2 Å². The van der Waals surface area contributed by atoms with Gasteiger partial charge in [0.1, 0.15) is 0 Å². The first-order valence-corrected chi connectivity index (χ1v) is 9.33. The average Bonchev–Trinajstić information content (AvgIpc) is 2.73. The highest BCUT2D eigenvalue weighted by Gasteiger charge is 2.36. The topological polar surface area (TPSA) is 69.4 Å². The summed E-state index contributed by atoms with van der Waals surface area (Å²) in [5, 5.41) is 5.30. The molecule has 0 amide bonds. The molecule has 2 N–H and O–H groups in total. The van der Waals surface area contributed by atoms with E-state index in [9.17, 15) is 8.42 Å². The summed E-state index contributed by atoms with van der Waals surface area (Å²) in [6.45, 7) is 0.577. The van der Waals surface area contributed by atoms with Gasteiger partial charge in [0.2, 0.25) is 10.0 Å². The Labute approximate surface area is 117 Å². The van der Waals surface area contributed by atoms with Crippen molar-refractivity contribution >= 4 is 10.0 Å². The minimum atomic E-state index is -3.42. The molecule has 0 aromatic carbocycles. The molecule has 0 radical (unpaired) electrons. The third-order valence-electron chi connectivity index (χ3n) is 4.60. The molecule has 19 heavy (non-hydrogen) atoms. The van der Waals surface area contributed by atoms with Gasteiger partial charge in [-0.25, -0.2) is 13.6 Å². The molecule has 2 saturated carbocycles. The highest BCUT2D eigenvalue weighted by Crippen LogP contribution is 2.37. The Morgan fingerprint density at radius 1 is 1.00 bits per heavy atom. The van der Waals surface area contributed by atoms with E-state index in [4.69, 9.17) is 9.88 Å². The summed E-state index contributed by atoms with van der Waals surface area (Å²) in [4.78, 5) is 0. The van der Waals surface area contributed by atoms with E-state index in [0.717, 1.165) is 38.5 Å². The maximum atomic E-state index is 11.5. The molecule has 0 aliphatic heterocycles. The monoisotopic (exact) mass is 289 g/mol. The molecular formula is C14H27NO3S. The van der Waals surface area contributed by atoms with E-state index in [0.29, 0.717) is 12.7 Å². The molecule has 0 saturated heterocycles. The predicted molar refractivity (Wildman–Crippen MR) is 76.3 cm³/mol. The summed E-state index contributed by atoms with van der Waals surface area (Å²) in [6.07, 6.45) is 11.6. The molecule has 0 heterocycles. The highest BCUT2D eigenvalue weighted by atomic mass is 32.2. The van der Waals surface area contributed by atoms with Crippen molar-refractivity contribution in [2.75, 3.05) is 12.4 Å². The van der Waals surface area contributed by atoms with Gasteiger partial charge in [-0.2, -0.15) is 0 Å². The normalized spacial score (nSPS) is 25.3. The lowest BCUT2D eigenvalue weighted by Crippen LogP contribution is -2.38. The maximum absolute atomic E-state index is 11.5. The quantitative estimate of drug-likeness (QED) is 0.791. The SMILES string of the molecule is NS(=O)(=O)CC1(COC2CCCC2)CCCCCC1. The zero-order valence-corrected chi connectivity index (χ0v) is 12.6. The molecule has 2 aliphatic rings. The number of nitrogens with two attached hydrogens (primary N) is 1. The van der Waals surface area contributed by atoms with Crippen molar-refractivity contribution in [1.29, 1.82) is 0 Å². The number of rotatable bonds is 5. The maximum Gasteiger partial charge on any atom is 0.209 e. The van der Waals surface area contributed by atoms with Gasteiger partial charge in [0.15, 0.2) is 0 Å². The standard InChI is InChI=1S/C14H27NO3S/c15-19(16,17)12-14(9-5-1-2-6-10-14)11-18-13-7-3-4-8-13/h13H,1-12H2,(H2,15,16,17). The second-order valence-electron chi connectivity index (χ2n) is 6.44. The van der Waals surface area contributed by atoms with Crippen LogP contribution in [0.25, 0.3) is 0 Å². The Bertz CT molecular complexity index is 366. The van der Waals surface area contributed by atoms with Crippen LogP contribution in [-0.4, -0.2) is 26.9 Å². The second-order valence-corrected chi connectivity index (χ2v) is 8.05. The van der Waals surface area contributed by atoms with Crippen LogP contribution in [0, 0.1) is 5.41 Å². The number of hydrogen-bond donors (Lipinski definition) is 1. The van der Waals surface area contributed by atoms with Gasteiger partial charge in [-0.3, -0.25) is 0 Å². The third-order valence-corrected chi connectivity index (χ3v) is 5.61. The lowest BCUT2D eigenvalue weighted by atomic mass is 9.83. The summed E-state index contributed by atoms with van der Waals surface area (Å²) in [6, 6.07) is 0. The molecule has 0 aromatic heterocycles. The molecule has 0 atom stereocenters. The first-order chi connectivity index (χ1) is 8.99. The summed E-state index contributed by atoms with van der Waals surface area (Å²) in [5.41, 5.74) is -0.229. The fraction of sp³-hybridized carbons (Fsp3) is 1.00. The molecule has 0 bridgehead atoms. The van der Waals surface area contributed by atoms with Crippen LogP contribution in [0.2, 0.25) is 0 Å². The van der Waals surface area contributed by atoms with Crippen LogP contribution in [0.1, 0.15) is 64.2 Å². The zero-order chi connectivity index (χ0) is 13.8. The van der Waals surface area contributed by atoms with Gasteiger partial charge < -0.3 is 4.74 Å². The molecule has 0 aromatic rings. The van der Waals surface area contributed by atoms with Crippen LogP contribution in [0.3, 0.4) is 0 Å². The van der Waals surface area contributed by atoms with Crippen LogP contribution < -0.4 is 5.14 Å². The van der Waals surface area contributed by atoms with Gasteiger partial charge >= 0.3 is 0 Å². The van der Waals surface area contributed by atoms with Crippen molar-refractivity contribution in [2.45, 2.75) is 70.3 Å². The summed E-state index contributed by atoms with van der Waals surface area (Å²) in [7, 11) is -3.42. The lowest BCUT2D eigenvalue weighted by molar-refractivity contribution is -0.00439. The molecule has 0 unspecified atom stereocenters. The summed E-state index contributed by atoms with van der Waals surface area (Å²) < 4.78 is 29.1. The minimum Gasteiger partial charge on any atom is -0.378 e. The van der Waals surface area contributed by atoms with Crippen molar-refractivity contribution in [2.24, 2.45) is 10.6 Å². The fourth-order valence-electron chi connectivity index (χ4n) is 3.59. The van der Waals surface area contributed by atoms with Gasteiger partial charge in [-0.1, -0.05) is 38.5 Å². The van der Waals surface area contributed by atoms with Crippen LogP contribution in [0.15, 0.2) is 0 Å². The molecule has 112 valence electrons. The Kier molecular flexibility index (Phi) is 5.26. The van der Waals surface area contributed by atoms with Gasteiger partial charge in [-0.05, 0) is 25.7 Å². The average molecular weight is 289 g/mol. The first kappa shape index (κ1) is 15.3. The van der Waals surface area contributed by atoms with Gasteiger partial charge in [0.05, 0.1) is 18.5 Å². The van der Waals surface area contributed by atoms with Crippen molar-refractivity contribution in [3.63, 3.8) is 0 Å². The van der Waals surface area contributed by atoms with Crippen LogP contribution in [-0.2, 0) is 14.8 Å². The van der Waals surface area contributed by atoms with Crippen LogP contribution in [0.4, 0.5) is 0 Å². The van der Waals surface area contributed by atoms with E-state index in [2.05, 4.69) is 0 Å². The van der Waals surface area contributed by atoms with Gasteiger partial charge in [-0.15, -0.1) is 0 Å². The van der Waals surface area contributed by atoms with Gasteiger partial charge in [0, 0.05) is 5.41 Å². The van der Waals surface area contributed by atoms with E-state index >= 15 is 0 Å². The molecule has 2 rings (SSSR count). The largest absolute Gasteiger partial charge is 0.378 e. The Morgan fingerprint density at radius 3 is 2.11 bits per heavy atom. The number of ether oxygens (including phenoxy) is 1. The third kappa shape index (κ3) is 5.04. The Morgan fingerprint density at radius 2 is 1.58 bits per heavy atom. The summed E-state index contributed by atoms with van der Waals surface area (Å²) in [5.74, 6) is 0.0900. The van der Waals surface area contributed by atoms with Gasteiger partial charge in [0.25, 0.3) is 0 Å². The number of hydrogen-bond acceptors (Lipinski definition) is 3. The van der Waals surface area contributed by atoms with E-state index in [-0.39, 0.29) is 11.2 Å². The van der Waals surface area contributed by atoms with E-state index in [1.165, 1.54) is 25.7 Å². The molecule has 5 heteroatoms. The predicted octanol–water partition coefficient (Wildman–Crippen LogP) is 2.57. The Hall–Kier alpha value is -0.130. The number of primary sulfonamides is 1. The van der Waals surface area contributed by atoms with Crippen molar-refractivity contribution in [1.82, 2.24) is 0 Å². The molecule has 2 aliphatic carbocycles. The zero-order valence-electron chi connectivity index (χ0n) is 11.8. The highest BCUT2D eigenvalue weighted by molar-refractivity contribution is 7.89. The van der Waals surface area contributed by atoms with Crippen LogP contribution in [0.5, 0.6) is 0 Å². The first-order valence-electron chi connectivity index (χ1n) is 7.61. The molecular weight excluding hydrogens is 262 g/mol. The summed E-state index contributed by atoms with van der Waals surface area (Å²) >= 11 is 0. The van der Waals surface area contributed by atoms with E-state index in [1.54, 1.807) is 0 Å². The second kappa shape index (κ2) is 6.55. The molecule has 2 fully saturated rings. The van der Waals surface area contributed by atoms with Crippen molar-refractivity contribution in [3.05, 3.63) is 0 Å². The van der Waals surface area contributed by atoms with E-state index < -0.39 is 10.0 Å². The van der Waals surface area contributed by atoms with Crippen molar-refractivity contribution in [3.8, 4) is 0 Å². The van der Waals surface area contributed by atoms with E-state index in [1.807, 2.05) is 0 Å². The number of sulfonamides is 1. The van der Waals surface area contributed by atoms with Crippen LogP contribution >= 0.6 is 0 Å². The molecule has 4 nitrogen and oxygen atoms in total.